The number of hydrogen-bond acceptors (Lipinski definition) is 6. The van der Waals surface area contributed by atoms with Gasteiger partial charge in [0, 0.05) is 18.0 Å². The van der Waals surface area contributed by atoms with Crippen molar-refractivity contribution in [1.82, 2.24) is 9.97 Å². The first-order chi connectivity index (χ1) is 7.13. The molecule has 0 atom stereocenters. The molecule has 0 radical (unpaired) electrons. The molecular weight excluding hydrogens is 194 g/mol. The van der Waals surface area contributed by atoms with Crippen molar-refractivity contribution in [3.63, 3.8) is 0 Å². The van der Waals surface area contributed by atoms with Gasteiger partial charge in [-0.3, -0.25) is 0 Å². The lowest BCUT2D eigenvalue weighted by atomic mass is 10.1. The van der Waals surface area contributed by atoms with Gasteiger partial charge in [0.2, 0.25) is 5.95 Å². The van der Waals surface area contributed by atoms with Crippen LogP contribution in [0.4, 0.5) is 17.6 Å². The van der Waals surface area contributed by atoms with Crippen molar-refractivity contribution in [2.45, 2.75) is 12.8 Å². The Labute approximate surface area is 87.7 Å². The van der Waals surface area contributed by atoms with E-state index in [2.05, 4.69) is 15.3 Å². The summed E-state index contributed by atoms with van der Waals surface area (Å²) in [6, 6.07) is 1.63. The first-order valence-corrected chi connectivity index (χ1v) is 4.88. The molecule has 1 aromatic heterocycles. The maximum atomic E-state index is 9.12. The molecule has 1 heterocycles. The number of rotatable bonds is 4. The molecule has 6 heteroatoms. The number of hydrogen-bond donors (Lipinski definition) is 4. The standard InChI is InChI=1S/C9H15N5O/c10-6-3-7(14-8(11)13-6)12-4-9(5-15)1-2-9/h3,15H,1-2,4-5H2,(H5,10,11,12,13,14). The Morgan fingerprint density at radius 1 is 1.40 bits per heavy atom. The maximum absolute atomic E-state index is 9.12. The minimum atomic E-state index is 0.0362. The lowest BCUT2D eigenvalue weighted by molar-refractivity contribution is 0.219. The van der Waals surface area contributed by atoms with Gasteiger partial charge in [-0.2, -0.15) is 9.97 Å². The zero-order valence-electron chi connectivity index (χ0n) is 8.40. The van der Waals surface area contributed by atoms with Crippen LogP contribution in [0.25, 0.3) is 0 Å². The van der Waals surface area contributed by atoms with Gasteiger partial charge in [-0.15, -0.1) is 0 Å². The first kappa shape index (κ1) is 9.97. The van der Waals surface area contributed by atoms with Crippen LogP contribution in [-0.4, -0.2) is 28.2 Å². The highest BCUT2D eigenvalue weighted by molar-refractivity contribution is 5.48. The third-order valence-corrected chi connectivity index (χ3v) is 2.70. The Morgan fingerprint density at radius 3 is 2.67 bits per heavy atom. The Morgan fingerprint density at radius 2 is 2.13 bits per heavy atom. The third-order valence-electron chi connectivity index (χ3n) is 2.70. The molecule has 0 aliphatic heterocycles. The van der Waals surface area contributed by atoms with Crippen LogP contribution in [0.5, 0.6) is 0 Å². The van der Waals surface area contributed by atoms with Crippen molar-refractivity contribution < 1.29 is 5.11 Å². The highest BCUT2D eigenvalue weighted by Crippen LogP contribution is 2.44. The van der Waals surface area contributed by atoms with Gasteiger partial charge in [0.05, 0.1) is 6.61 Å². The average Bonchev–Trinajstić information content (AvgIpc) is 2.94. The van der Waals surface area contributed by atoms with Gasteiger partial charge >= 0.3 is 0 Å². The van der Waals surface area contributed by atoms with Crippen LogP contribution >= 0.6 is 0 Å². The Kier molecular flexibility index (Phi) is 2.36. The molecule has 2 rings (SSSR count). The number of nitrogens with zero attached hydrogens (tertiary/aromatic N) is 2. The van der Waals surface area contributed by atoms with Crippen LogP contribution in [0.1, 0.15) is 12.8 Å². The van der Waals surface area contributed by atoms with Crippen molar-refractivity contribution in [3.05, 3.63) is 6.07 Å². The Bertz CT molecular complexity index is 343. The normalized spacial score (nSPS) is 17.4. The summed E-state index contributed by atoms with van der Waals surface area (Å²) in [4.78, 5) is 7.76. The summed E-state index contributed by atoms with van der Waals surface area (Å²) in [5.74, 6) is 1.12. The number of nitrogen functional groups attached to an aromatic ring is 2. The number of nitrogens with two attached hydrogens (primary N) is 2. The van der Waals surface area contributed by atoms with Crippen molar-refractivity contribution >= 4 is 17.6 Å². The largest absolute Gasteiger partial charge is 0.396 e. The number of aliphatic hydroxyl groups excluding tert-OH is 1. The monoisotopic (exact) mass is 209 g/mol. The predicted molar refractivity (Wildman–Crippen MR) is 58.1 cm³/mol. The molecular formula is C9H15N5O. The van der Waals surface area contributed by atoms with Gasteiger partial charge in [0.1, 0.15) is 11.6 Å². The molecule has 6 N–H and O–H groups in total. The highest BCUT2D eigenvalue weighted by atomic mass is 16.3. The summed E-state index contributed by atoms with van der Waals surface area (Å²) >= 11 is 0. The molecule has 1 aliphatic rings. The smallest absolute Gasteiger partial charge is 0.223 e. The first-order valence-electron chi connectivity index (χ1n) is 4.88. The average molecular weight is 209 g/mol. The van der Waals surface area contributed by atoms with E-state index in [4.69, 9.17) is 16.6 Å². The molecule has 82 valence electrons. The van der Waals surface area contributed by atoms with Crippen LogP contribution in [0.15, 0.2) is 6.07 Å². The van der Waals surface area contributed by atoms with Crippen molar-refractivity contribution in [2.24, 2.45) is 5.41 Å². The molecule has 0 saturated heterocycles. The van der Waals surface area contributed by atoms with Crippen LogP contribution < -0.4 is 16.8 Å². The third kappa shape index (κ3) is 2.27. The van der Waals surface area contributed by atoms with E-state index in [1.165, 1.54) is 0 Å². The fourth-order valence-corrected chi connectivity index (χ4v) is 1.42. The number of aliphatic hydroxyl groups is 1. The van der Waals surface area contributed by atoms with Crippen LogP contribution in [0.2, 0.25) is 0 Å². The van der Waals surface area contributed by atoms with E-state index in [0.717, 1.165) is 12.8 Å². The molecule has 1 aliphatic carbocycles. The molecule has 1 aromatic rings. The molecule has 0 aromatic carbocycles. The number of aromatic nitrogens is 2. The quantitative estimate of drug-likeness (QED) is 0.548. The Hall–Kier alpha value is -1.56. The van der Waals surface area contributed by atoms with Crippen molar-refractivity contribution in [1.29, 1.82) is 0 Å². The lowest BCUT2D eigenvalue weighted by Crippen LogP contribution is -2.20. The van der Waals surface area contributed by atoms with E-state index in [-0.39, 0.29) is 18.0 Å². The summed E-state index contributed by atoms with van der Waals surface area (Å²) < 4.78 is 0. The molecule has 1 saturated carbocycles. The minimum absolute atomic E-state index is 0.0362. The van der Waals surface area contributed by atoms with Gasteiger partial charge in [-0.1, -0.05) is 0 Å². The maximum Gasteiger partial charge on any atom is 0.223 e. The molecule has 0 spiro atoms. The molecule has 0 amide bonds. The van der Waals surface area contributed by atoms with E-state index in [1.54, 1.807) is 6.07 Å². The summed E-state index contributed by atoms with van der Waals surface area (Å²) in [5, 5.41) is 12.2. The summed E-state index contributed by atoms with van der Waals surface area (Å²) in [6.45, 7) is 0.898. The van der Waals surface area contributed by atoms with Gasteiger partial charge in [0.25, 0.3) is 0 Å². The number of anilines is 3. The summed E-state index contributed by atoms with van der Waals surface area (Å²) in [6.07, 6.45) is 2.10. The summed E-state index contributed by atoms with van der Waals surface area (Å²) in [7, 11) is 0. The molecule has 15 heavy (non-hydrogen) atoms. The Balaban J connectivity index is 1.99. The van der Waals surface area contributed by atoms with Gasteiger partial charge < -0.3 is 21.9 Å². The minimum Gasteiger partial charge on any atom is -0.396 e. The zero-order valence-corrected chi connectivity index (χ0v) is 8.40. The van der Waals surface area contributed by atoms with Gasteiger partial charge in [-0.25, -0.2) is 0 Å². The molecule has 6 nitrogen and oxygen atoms in total. The van der Waals surface area contributed by atoms with Crippen LogP contribution in [-0.2, 0) is 0 Å². The van der Waals surface area contributed by atoms with Crippen molar-refractivity contribution in [3.8, 4) is 0 Å². The molecule has 0 unspecified atom stereocenters. The highest BCUT2D eigenvalue weighted by Gasteiger charge is 2.41. The summed E-state index contributed by atoms with van der Waals surface area (Å²) in [5.41, 5.74) is 11.0. The fourth-order valence-electron chi connectivity index (χ4n) is 1.42. The SMILES string of the molecule is Nc1cc(NCC2(CO)CC2)nc(N)n1. The van der Waals surface area contributed by atoms with E-state index in [1.807, 2.05) is 0 Å². The van der Waals surface area contributed by atoms with Gasteiger partial charge in [0.15, 0.2) is 0 Å². The van der Waals surface area contributed by atoms with Crippen molar-refractivity contribution in [2.75, 3.05) is 29.9 Å². The van der Waals surface area contributed by atoms with Crippen LogP contribution in [0, 0.1) is 5.41 Å². The second kappa shape index (κ2) is 3.54. The van der Waals surface area contributed by atoms with Crippen LogP contribution in [0.3, 0.4) is 0 Å². The second-order valence-electron chi connectivity index (χ2n) is 4.05. The lowest BCUT2D eigenvalue weighted by Gasteiger charge is -2.13. The van der Waals surface area contributed by atoms with E-state index in [9.17, 15) is 0 Å². The predicted octanol–water partition coefficient (Wildman–Crippen LogP) is -0.175. The zero-order chi connectivity index (χ0) is 10.9. The van der Waals surface area contributed by atoms with Gasteiger partial charge in [-0.05, 0) is 12.8 Å². The topological polar surface area (TPSA) is 110 Å². The molecule has 0 bridgehead atoms. The fraction of sp³-hybridized carbons (Fsp3) is 0.556. The second-order valence-corrected chi connectivity index (χ2v) is 4.05. The molecule has 1 fully saturated rings. The van der Waals surface area contributed by atoms with E-state index < -0.39 is 0 Å². The van der Waals surface area contributed by atoms with E-state index in [0.29, 0.717) is 18.2 Å². The van der Waals surface area contributed by atoms with E-state index >= 15 is 0 Å². The number of nitrogens with one attached hydrogen (secondary N) is 1.